The molecule has 0 saturated carbocycles. The van der Waals surface area contributed by atoms with Crippen molar-refractivity contribution in [3.05, 3.63) is 48.6 Å². The predicted octanol–water partition coefficient (Wildman–Crippen LogP) is -3.25. The average molecular weight is 428 g/mol. The molecule has 2 aliphatic rings. The summed E-state index contributed by atoms with van der Waals surface area (Å²) in [6, 6.07) is 7.68. The van der Waals surface area contributed by atoms with Crippen LogP contribution >= 0.6 is 0 Å². The highest BCUT2D eigenvalue weighted by Crippen LogP contribution is 2.45. The lowest BCUT2D eigenvalue weighted by Gasteiger charge is -2.54. The average Bonchev–Trinajstić information content (AvgIpc) is 2.75. The van der Waals surface area contributed by atoms with Gasteiger partial charge in [-0.05, 0) is 5.56 Å². The Bertz CT molecular complexity index is 732. The van der Waals surface area contributed by atoms with Crippen molar-refractivity contribution >= 4 is 0 Å². The molecule has 2 aliphatic heterocycles. The fourth-order valence-corrected chi connectivity index (χ4v) is 4.19. The van der Waals surface area contributed by atoms with Crippen LogP contribution in [0.25, 0.3) is 0 Å². The van der Waals surface area contributed by atoms with Crippen LogP contribution in [0.4, 0.5) is 0 Å². The van der Waals surface area contributed by atoms with Gasteiger partial charge in [0.1, 0.15) is 54.4 Å². The molecule has 10 atom stereocenters. The van der Waals surface area contributed by atoms with Gasteiger partial charge in [-0.25, -0.2) is 0 Å². The molecule has 2 saturated heterocycles. The second-order valence-corrected chi connectivity index (χ2v) is 7.77. The Hall–Kier alpha value is -1.44. The standard InChI is InChI=1S/C20H28O10/c1-2-19(27,10-6-4-3-5-7-10)20(28)17(26)12(22)9-30-18(20)15(25)16-14(24)13(23)11(21)8-29-16/h2-7,11-18,21-28H,1,8-9H2/t11-,12+,13-,14+,15?,16-,17-,18-,19?,20-/m1/s1. The molecule has 0 aromatic heterocycles. The Morgan fingerprint density at radius 2 is 1.60 bits per heavy atom. The van der Waals surface area contributed by atoms with Crippen molar-refractivity contribution in [2.24, 2.45) is 0 Å². The van der Waals surface area contributed by atoms with Gasteiger partial charge in [-0.1, -0.05) is 43.0 Å². The number of ether oxygens (including phenoxy) is 2. The van der Waals surface area contributed by atoms with Crippen molar-refractivity contribution in [3.63, 3.8) is 0 Å². The lowest BCUT2D eigenvalue weighted by atomic mass is 9.66. The van der Waals surface area contributed by atoms with E-state index in [4.69, 9.17) is 9.47 Å². The number of aliphatic hydroxyl groups is 8. The van der Waals surface area contributed by atoms with E-state index in [1.807, 2.05) is 0 Å². The zero-order chi connectivity index (χ0) is 22.3. The van der Waals surface area contributed by atoms with Gasteiger partial charge in [0.15, 0.2) is 5.60 Å². The molecular formula is C20H28O10. The number of benzene rings is 1. The smallest absolute Gasteiger partial charge is 0.158 e. The summed E-state index contributed by atoms with van der Waals surface area (Å²) in [5.41, 5.74) is -5.05. The summed E-state index contributed by atoms with van der Waals surface area (Å²) in [4.78, 5) is 0. The second kappa shape index (κ2) is 8.60. The molecule has 0 amide bonds. The lowest BCUT2D eigenvalue weighted by molar-refractivity contribution is -0.326. The van der Waals surface area contributed by atoms with Crippen LogP contribution in [0.3, 0.4) is 0 Å². The van der Waals surface area contributed by atoms with Crippen LogP contribution in [0.2, 0.25) is 0 Å². The molecule has 168 valence electrons. The Morgan fingerprint density at radius 1 is 1.00 bits per heavy atom. The van der Waals surface area contributed by atoms with Crippen LogP contribution < -0.4 is 0 Å². The Labute approximate surface area is 172 Å². The topological polar surface area (TPSA) is 180 Å². The van der Waals surface area contributed by atoms with E-state index in [1.165, 1.54) is 12.1 Å². The molecule has 0 spiro atoms. The van der Waals surface area contributed by atoms with Crippen LogP contribution in [0.5, 0.6) is 0 Å². The molecule has 0 bridgehead atoms. The Morgan fingerprint density at radius 3 is 2.20 bits per heavy atom. The van der Waals surface area contributed by atoms with Crippen molar-refractivity contribution in [1.82, 2.24) is 0 Å². The van der Waals surface area contributed by atoms with Crippen molar-refractivity contribution in [2.75, 3.05) is 13.2 Å². The minimum Gasteiger partial charge on any atom is -0.388 e. The molecule has 2 fully saturated rings. The van der Waals surface area contributed by atoms with E-state index < -0.39 is 73.2 Å². The summed E-state index contributed by atoms with van der Waals surface area (Å²) >= 11 is 0. The minimum absolute atomic E-state index is 0.0945. The number of hydrogen-bond donors (Lipinski definition) is 8. The molecule has 2 unspecified atom stereocenters. The molecular weight excluding hydrogens is 400 g/mol. The molecule has 3 rings (SSSR count). The van der Waals surface area contributed by atoms with Gasteiger partial charge in [0.2, 0.25) is 0 Å². The van der Waals surface area contributed by atoms with Crippen molar-refractivity contribution in [3.8, 4) is 0 Å². The molecule has 30 heavy (non-hydrogen) atoms. The van der Waals surface area contributed by atoms with Crippen LogP contribution in [-0.2, 0) is 15.1 Å². The summed E-state index contributed by atoms with van der Waals surface area (Å²) < 4.78 is 10.7. The summed E-state index contributed by atoms with van der Waals surface area (Å²) in [5.74, 6) is 0. The van der Waals surface area contributed by atoms with Gasteiger partial charge in [-0.15, -0.1) is 0 Å². The molecule has 8 N–H and O–H groups in total. The third-order valence-electron chi connectivity index (χ3n) is 6.00. The summed E-state index contributed by atoms with van der Waals surface area (Å²) in [6.45, 7) is 2.62. The van der Waals surface area contributed by atoms with E-state index >= 15 is 0 Å². The van der Waals surface area contributed by atoms with Crippen molar-refractivity contribution in [1.29, 1.82) is 0 Å². The summed E-state index contributed by atoms with van der Waals surface area (Å²) in [6.07, 6.45) is -12.7. The molecule has 10 nitrogen and oxygen atoms in total. The van der Waals surface area contributed by atoms with E-state index in [0.717, 1.165) is 6.08 Å². The molecule has 1 aromatic carbocycles. The Balaban J connectivity index is 2.05. The fraction of sp³-hybridized carbons (Fsp3) is 0.600. The van der Waals surface area contributed by atoms with Gasteiger partial charge in [0.05, 0.1) is 13.2 Å². The molecule has 2 heterocycles. The third-order valence-corrected chi connectivity index (χ3v) is 6.00. The van der Waals surface area contributed by atoms with Gasteiger partial charge in [0, 0.05) is 0 Å². The SMILES string of the molecule is C=CC(O)(c1ccccc1)[C@]1(O)[C@@H](C(O)[C@@H]2OC[C@@H](O)[C@@H](O)[C@@H]2O)OC[C@H](O)[C@H]1O. The van der Waals surface area contributed by atoms with Crippen molar-refractivity contribution < 1.29 is 50.3 Å². The van der Waals surface area contributed by atoms with E-state index in [1.54, 1.807) is 18.2 Å². The monoisotopic (exact) mass is 428 g/mol. The summed E-state index contributed by atoms with van der Waals surface area (Å²) in [7, 11) is 0. The first kappa shape index (κ1) is 23.2. The fourth-order valence-electron chi connectivity index (χ4n) is 4.19. The van der Waals surface area contributed by atoms with Crippen LogP contribution in [0.15, 0.2) is 43.0 Å². The second-order valence-electron chi connectivity index (χ2n) is 7.77. The van der Waals surface area contributed by atoms with Gasteiger partial charge >= 0.3 is 0 Å². The Kier molecular flexibility index (Phi) is 6.65. The first-order chi connectivity index (χ1) is 14.1. The summed E-state index contributed by atoms with van der Waals surface area (Å²) in [5, 5.41) is 84.6. The molecule has 0 radical (unpaired) electrons. The maximum atomic E-state index is 11.6. The number of aliphatic hydroxyl groups excluding tert-OH is 6. The molecule has 1 aromatic rings. The predicted molar refractivity (Wildman–Crippen MR) is 101 cm³/mol. The van der Waals surface area contributed by atoms with E-state index in [9.17, 15) is 40.9 Å². The van der Waals surface area contributed by atoms with Gasteiger partial charge in [-0.3, -0.25) is 0 Å². The third kappa shape index (κ3) is 3.49. The minimum atomic E-state index is -2.74. The largest absolute Gasteiger partial charge is 0.388 e. The van der Waals surface area contributed by atoms with Gasteiger partial charge in [-0.2, -0.15) is 0 Å². The van der Waals surface area contributed by atoms with E-state index in [0.29, 0.717) is 0 Å². The van der Waals surface area contributed by atoms with E-state index in [2.05, 4.69) is 6.58 Å². The maximum absolute atomic E-state index is 11.6. The van der Waals surface area contributed by atoms with Crippen molar-refractivity contribution in [2.45, 2.75) is 60.0 Å². The number of hydrogen-bond acceptors (Lipinski definition) is 10. The van der Waals surface area contributed by atoms with Crippen LogP contribution in [0.1, 0.15) is 5.56 Å². The highest BCUT2D eigenvalue weighted by molar-refractivity contribution is 5.34. The lowest BCUT2D eigenvalue weighted by Crippen LogP contribution is -2.76. The zero-order valence-corrected chi connectivity index (χ0v) is 16.1. The highest BCUT2D eigenvalue weighted by Gasteiger charge is 2.65. The molecule has 0 aliphatic carbocycles. The van der Waals surface area contributed by atoms with E-state index in [-0.39, 0.29) is 5.56 Å². The van der Waals surface area contributed by atoms with Gasteiger partial charge < -0.3 is 50.3 Å². The van der Waals surface area contributed by atoms with Crippen LogP contribution in [0, 0.1) is 0 Å². The normalized spacial score (nSPS) is 42.9. The maximum Gasteiger partial charge on any atom is 0.158 e. The van der Waals surface area contributed by atoms with Crippen LogP contribution in [-0.4, -0.2) is 108 Å². The zero-order valence-electron chi connectivity index (χ0n) is 16.1. The van der Waals surface area contributed by atoms with Gasteiger partial charge in [0.25, 0.3) is 0 Å². The molecule has 10 heteroatoms. The first-order valence-corrected chi connectivity index (χ1v) is 9.55. The number of rotatable bonds is 5. The first-order valence-electron chi connectivity index (χ1n) is 9.55. The quantitative estimate of drug-likeness (QED) is 0.222. The highest BCUT2D eigenvalue weighted by atomic mass is 16.6.